The lowest BCUT2D eigenvalue weighted by molar-refractivity contribution is -0.131. The third-order valence-electron chi connectivity index (χ3n) is 5.70. The Hall–Kier alpha value is -2.25. The first-order valence-corrected chi connectivity index (χ1v) is 12.5. The van der Waals surface area contributed by atoms with Gasteiger partial charge in [0.25, 0.3) is 0 Å². The zero-order valence-corrected chi connectivity index (χ0v) is 20.0. The van der Waals surface area contributed by atoms with Crippen LogP contribution in [0, 0.1) is 13.8 Å². The molecule has 0 saturated carbocycles. The van der Waals surface area contributed by atoms with E-state index < -0.39 is 0 Å². The van der Waals surface area contributed by atoms with E-state index >= 15 is 0 Å². The molecule has 1 aliphatic heterocycles. The Kier molecular flexibility index (Phi) is 7.02. The van der Waals surface area contributed by atoms with Crippen molar-refractivity contribution in [3.05, 3.63) is 47.5 Å². The normalized spacial score (nSPS) is 14.3. The second-order valence-electron chi connectivity index (χ2n) is 7.87. The summed E-state index contributed by atoms with van der Waals surface area (Å²) in [6.45, 7) is 7.52. The summed E-state index contributed by atoms with van der Waals surface area (Å²) in [6, 6.07) is 12.4. The lowest BCUT2D eigenvalue weighted by atomic mass is 10.1. The van der Waals surface area contributed by atoms with Crippen LogP contribution in [0.5, 0.6) is 5.75 Å². The first-order valence-electron chi connectivity index (χ1n) is 10.7. The monoisotopic (exact) mass is 455 g/mol. The van der Waals surface area contributed by atoms with Gasteiger partial charge in [-0.25, -0.2) is 4.98 Å². The number of methoxy groups -OCH3 is 1. The van der Waals surface area contributed by atoms with Crippen LogP contribution in [0.2, 0.25) is 0 Å². The number of aryl methyl sites for hydroxylation is 2. The number of aromatic nitrogens is 1. The number of piperazine rings is 1. The van der Waals surface area contributed by atoms with Crippen molar-refractivity contribution in [3.63, 3.8) is 0 Å². The smallest absolute Gasteiger partial charge is 0.222 e. The maximum Gasteiger partial charge on any atom is 0.222 e. The van der Waals surface area contributed by atoms with E-state index in [9.17, 15) is 4.79 Å². The van der Waals surface area contributed by atoms with Gasteiger partial charge < -0.3 is 14.5 Å². The number of fused-ring (bicyclic) bond motifs is 1. The highest BCUT2D eigenvalue weighted by Gasteiger charge is 2.23. The van der Waals surface area contributed by atoms with E-state index in [2.05, 4.69) is 43.0 Å². The Bertz CT molecular complexity index is 1000. The fraction of sp³-hybridized carbons (Fsp3) is 0.417. The molecule has 1 aromatic heterocycles. The molecular formula is C24H29N3O2S2. The van der Waals surface area contributed by atoms with Gasteiger partial charge in [-0.15, -0.1) is 11.8 Å². The van der Waals surface area contributed by atoms with Crippen molar-refractivity contribution in [1.82, 2.24) is 9.88 Å². The number of ether oxygens (including phenoxy) is 1. The second kappa shape index (κ2) is 9.92. The number of thiazole rings is 1. The number of nitrogens with zero attached hydrogens (tertiary/aromatic N) is 3. The van der Waals surface area contributed by atoms with Gasteiger partial charge in [0.15, 0.2) is 5.13 Å². The molecule has 1 aliphatic rings. The van der Waals surface area contributed by atoms with Crippen LogP contribution in [-0.2, 0) is 4.79 Å². The Labute approximate surface area is 192 Å². The number of benzene rings is 2. The topological polar surface area (TPSA) is 45.7 Å². The van der Waals surface area contributed by atoms with Crippen LogP contribution in [0.1, 0.15) is 24.0 Å². The van der Waals surface area contributed by atoms with E-state index in [-0.39, 0.29) is 5.91 Å². The Morgan fingerprint density at radius 2 is 1.77 bits per heavy atom. The molecule has 0 bridgehead atoms. The van der Waals surface area contributed by atoms with E-state index in [0.717, 1.165) is 54.8 Å². The molecule has 0 N–H and O–H groups in total. The van der Waals surface area contributed by atoms with Gasteiger partial charge in [0.05, 0.1) is 17.3 Å². The standard InChI is InChI=1S/C24H29N3O2S2/c1-17-6-7-18(2)23-22(17)25-24(31-23)27-14-12-26(13-15-27)21(28)5-4-16-30-20-10-8-19(29-3)9-11-20/h6-11H,4-5,12-16H2,1-3H3. The van der Waals surface area contributed by atoms with E-state index in [1.54, 1.807) is 30.2 Å². The Balaban J connectivity index is 1.23. The van der Waals surface area contributed by atoms with Crippen LogP contribution in [0.4, 0.5) is 5.13 Å². The van der Waals surface area contributed by atoms with Gasteiger partial charge in [0.2, 0.25) is 5.91 Å². The number of carbonyl (C=O) groups is 1. The highest BCUT2D eigenvalue weighted by molar-refractivity contribution is 7.99. The summed E-state index contributed by atoms with van der Waals surface area (Å²) in [4.78, 5) is 23.1. The van der Waals surface area contributed by atoms with Gasteiger partial charge in [0.1, 0.15) is 5.75 Å². The molecule has 0 unspecified atom stereocenters. The molecule has 7 heteroatoms. The molecule has 2 aromatic carbocycles. The van der Waals surface area contributed by atoms with Crippen molar-refractivity contribution < 1.29 is 9.53 Å². The summed E-state index contributed by atoms with van der Waals surface area (Å²) in [6.07, 6.45) is 1.51. The largest absolute Gasteiger partial charge is 0.497 e. The first-order chi connectivity index (χ1) is 15.0. The minimum absolute atomic E-state index is 0.269. The van der Waals surface area contributed by atoms with Gasteiger partial charge in [-0.05, 0) is 61.4 Å². The van der Waals surface area contributed by atoms with Crippen LogP contribution < -0.4 is 9.64 Å². The maximum absolute atomic E-state index is 12.6. The molecule has 164 valence electrons. The van der Waals surface area contributed by atoms with Crippen molar-refractivity contribution in [1.29, 1.82) is 0 Å². The van der Waals surface area contributed by atoms with Gasteiger partial charge in [-0.1, -0.05) is 23.5 Å². The zero-order chi connectivity index (χ0) is 21.8. The quantitative estimate of drug-likeness (QED) is 0.364. The van der Waals surface area contributed by atoms with Crippen molar-refractivity contribution in [2.75, 3.05) is 43.9 Å². The SMILES string of the molecule is COc1ccc(SCCCC(=O)N2CCN(c3nc4c(C)ccc(C)c4s3)CC2)cc1. The average molecular weight is 456 g/mol. The third kappa shape index (κ3) is 5.15. The maximum atomic E-state index is 12.6. The van der Waals surface area contributed by atoms with E-state index in [1.807, 2.05) is 17.0 Å². The highest BCUT2D eigenvalue weighted by Crippen LogP contribution is 2.33. The van der Waals surface area contributed by atoms with Crippen LogP contribution >= 0.6 is 23.1 Å². The molecule has 1 fully saturated rings. The number of amides is 1. The minimum atomic E-state index is 0.269. The van der Waals surface area contributed by atoms with Gasteiger partial charge in [0, 0.05) is 37.5 Å². The first kappa shape index (κ1) is 22.0. The summed E-state index contributed by atoms with van der Waals surface area (Å²) in [5, 5.41) is 1.08. The second-order valence-corrected chi connectivity index (χ2v) is 10.0. The molecule has 0 atom stereocenters. The van der Waals surface area contributed by atoms with Gasteiger partial charge in [-0.3, -0.25) is 4.79 Å². The molecule has 0 radical (unpaired) electrons. The molecule has 0 spiro atoms. The van der Waals surface area contributed by atoms with Crippen LogP contribution in [0.3, 0.4) is 0 Å². The average Bonchev–Trinajstić information content (AvgIpc) is 3.26. The number of rotatable bonds is 7. The number of thioether (sulfide) groups is 1. The lowest BCUT2D eigenvalue weighted by Gasteiger charge is -2.34. The van der Waals surface area contributed by atoms with E-state index in [0.29, 0.717) is 6.42 Å². The van der Waals surface area contributed by atoms with Crippen molar-refractivity contribution in [3.8, 4) is 5.75 Å². The van der Waals surface area contributed by atoms with E-state index in [1.165, 1.54) is 20.7 Å². The Morgan fingerprint density at radius 1 is 1.06 bits per heavy atom. The molecule has 0 aliphatic carbocycles. The lowest BCUT2D eigenvalue weighted by Crippen LogP contribution is -2.48. The minimum Gasteiger partial charge on any atom is -0.497 e. The molecule has 5 nitrogen and oxygen atoms in total. The molecule has 2 heterocycles. The fourth-order valence-corrected chi connectivity index (χ4v) is 5.79. The fourth-order valence-electron chi connectivity index (χ4n) is 3.77. The molecule has 1 saturated heterocycles. The molecule has 3 aromatic rings. The predicted octanol–water partition coefficient (Wildman–Crippen LogP) is 5.14. The van der Waals surface area contributed by atoms with E-state index in [4.69, 9.17) is 9.72 Å². The molecule has 4 rings (SSSR count). The van der Waals surface area contributed by atoms with Crippen LogP contribution in [0.25, 0.3) is 10.2 Å². The van der Waals surface area contributed by atoms with Crippen molar-refractivity contribution in [2.45, 2.75) is 31.6 Å². The summed E-state index contributed by atoms with van der Waals surface area (Å²) < 4.78 is 6.47. The number of hydrogen-bond acceptors (Lipinski definition) is 6. The summed E-state index contributed by atoms with van der Waals surface area (Å²) in [5.74, 6) is 2.09. The summed E-state index contributed by atoms with van der Waals surface area (Å²) in [5.41, 5.74) is 3.63. The van der Waals surface area contributed by atoms with Crippen molar-refractivity contribution >= 4 is 44.4 Å². The van der Waals surface area contributed by atoms with Crippen molar-refractivity contribution in [2.24, 2.45) is 0 Å². The molecular weight excluding hydrogens is 426 g/mol. The van der Waals surface area contributed by atoms with Crippen LogP contribution in [-0.4, -0.2) is 54.8 Å². The number of anilines is 1. The molecule has 31 heavy (non-hydrogen) atoms. The third-order valence-corrected chi connectivity index (χ3v) is 8.05. The number of carbonyl (C=O) groups excluding carboxylic acids is 1. The van der Waals surface area contributed by atoms with Crippen LogP contribution in [0.15, 0.2) is 41.3 Å². The summed E-state index contributed by atoms with van der Waals surface area (Å²) in [7, 11) is 1.68. The predicted molar refractivity (Wildman–Crippen MR) is 131 cm³/mol. The number of hydrogen-bond donors (Lipinski definition) is 0. The Morgan fingerprint density at radius 3 is 2.45 bits per heavy atom. The van der Waals surface area contributed by atoms with Gasteiger partial charge >= 0.3 is 0 Å². The highest BCUT2D eigenvalue weighted by atomic mass is 32.2. The van der Waals surface area contributed by atoms with Gasteiger partial charge in [-0.2, -0.15) is 0 Å². The summed E-state index contributed by atoms with van der Waals surface area (Å²) >= 11 is 3.56. The zero-order valence-electron chi connectivity index (χ0n) is 18.4. The molecule has 1 amide bonds.